The van der Waals surface area contributed by atoms with Crippen LogP contribution in [-0.2, 0) is 0 Å². The SMILES string of the molecule is COc1ccc(C(N)c2cc(Br)cs2)c(OC)c1. The second kappa shape index (κ2) is 5.73. The Hall–Kier alpha value is -1.04. The van der Waals surface area contributed by atoms with E-state index in [9.17, 15) is 0 Å². The van der Waals surface area contributed by atoms with Crippen LogP contribution in [-0.4, -0.2) is 14.2 Å². The summed E-state index contributed by atoms with van der Waals surface area (Å²) in [5.74, 6) is 1.50. The third-order valence-electron chi connectivity index (χ3n) is 2.67. The van der Waals surface area contributed by atoms with Gasteiger partial charge in [0.25, 0.3) is 0 Å². The molecule has 1 aromatic carbocycles. The topological polar surface area (TPSA) is 44.5 Å². The molecule has 0 amide bonds. The molecule has 1 atom stereocenters. The Balaban J connectivity index is 2.38. The molecular formula is C13H14BrNO2S. The zero-order chi connectivity index (χ0) is 13.1. The molecule has 0 fully saturated rings. The lowest BCUT2D eigenvalue weighted by Crippen LogP contribution is -2.11. The lowest BCUT2D eigenvalue weighted by atomic mass is 10.0. The summed E-state index contributed by atoms with van der Waals surface area (Å²) in [6.07, 6.45) is 0. The van der Waals surface area contributed by atoms with E-state index in [1.807, 2.05) is 29.6 Å². The van der Waals surface area contributed by atoms with Gasteiger partial charge >= 0.3 is 0 Å². The van der Waals surface area contributed by atoms with Gasteiger partial charge in [-0.3, -0.25) is 0 Å². The highest BCUT2D eigenvalue weighted by Gasteiger charge is 2.16. The van der Waals surface area contributed by atoms with Crippen molar-refractivity contribution in [1.82, 2.24) is 0 Å². The van der Waals surface area contributed by atoms with Gasteiger partial charge in [-0.05, 0) is 34.1 Å². The maximum Gasteiger partial charge on any atom is 0.127 e. The Labute approximate surface area is 119 Å². The predicted octanol–water partition coefficient (Wildman–Crippen LogP) is 3.58. The van der Waals surface area contributed by atoms with E-state index in [2.05, 4.69) is 15.9 Å². The average molecular weight is 328 g/mol. The van der Waals surface area contributed by atoms with Crippen molar-refractivity contribution < 1.29 is 9.47 Å². The molecule has 0 spiro atoms. The average Bonchev–Trinajstić information content (AvgIpc) is 2.83. The molecule has 1 heterocycles. The minimum absolute atomic E-state index is 0.192. The Bertz CT molecular complexity index is 542. The van der Waals surface area contributed by atoms with Crippen molar-refractivity contribution in [2.24, 2.45) is 5.73 Å². The van der Waals surface area contributed by atoms with Crippen molar-refractivity contribution in [2.75, 3.05) is 14.2 Å². The van der Waals surface area contributed by atoms with Crippen LogP contribution in [0.5, 0.6) is 11.5 Å². The quantitative estimate of drug-likeness (QED) is 0.933. The molecule has 1 aromatic heterocycles. The number of hydrogen-bond acceptors (Lipinski definition) is 4. The summed E-state index contributed by atoms with van der Waals surface area (Å²) in [6, 6.07) is 7.51. The van der Waals surface area contributed by atoms with Gasteiger partial charge in [0.2, 0.25) is 0 Å². The molecule has 3 nitrogen and oxygen atoms in total. The first kappa shape index (κ1) is 13.4. The molecular weight excluding hydrogens is 314 g/mol. The highest BCUT2D eigenvalue weighted by atomic mass is 79.9. The van der Waals surface area contributed by atoms with Crippen LogP contribution in [0.2, 0.25) is 0 Å². The van der Waals surface area contributed by atoms with Gasteiger partial charge in [-0.15, -0.1) is 11.3 Å². The minimum atomic E-state index is -0.192. The minimum Gasteiger partial charge on any atom is -0.497 e. The summed E-state index contributed by atoms with van der Waals surface area (Å²) >= 11 is 5.06. The summed E-state index contributed by atoms with van der Waals surface area (Å²) in [7, 11) is 3.26. The number of thiophene rings is 1. The van der Waals surface area contributed by atoms with Gasteiger partial charge in [0.05, 0.1) is 20.3 Å². The van der Waals surface area contributed by atoms with E-state index in [0.29, 0.717) is 0 Å². The Morgan fingerprint density at radius 3 is 2.56 bits per heavy atom. The molecule has 2 N–H and O–H groups in total. The van der Waals surface area contributed by atoms with Crippen molar-refractivity contribution in [3.8, 4) is 11.5 Å². The monoisotopic (exact) mass is 327 g/mol. The maximum atomic E-state index is 6.27. The van der Waals surface area contributed by atoms with Gasteiger partial charge in [0.1, 0.15) is 11.5 Å². The number of halogens is 1. The number of benzene rings is 1. The third-order valence-corrected chi connectivity index (χ3v) is 4.45. The molecule has 2 rings (SSSR count). The molecule has 0 aliphatic rings. The van der Waals surface area contributed by atoms with Crippen molar-refractivity contribution >= 4 is 27.3 Å². The highest BCUT2D eigenvalue weighted by molar-refractivity contribution is 9.10. The zero-order valence-corrected chi connectivity index (χ0v) is 12.5. The third kappa shape index (κ3) is 2.68. The number of ether oxygens (including phenoxy) is 2. The Morgan fingerprint density at radius 1 is 1.22 bits per heavy atom. The molecule has 2 aromatic rings. The lowest BCUT2D eigenvalue weighted by Gasteiger charge is -2.15. The van der Waals surface area contributed by atoms with E-state index in [1.165, 1.54) is 0 Å². The fourth-order valence-electron chi connectivity index (χ4n) is 1.72. The van der Waals surface area contributed by atoms with Gasteiger partial charge in [-0.2, -0.15) is 0 Å². The second-order valence-corrected chi connectivity index (χ2v) is 5.61. The normalized spacial score (nSPS) is 12.2. The maximum absolute atomic E-state index is 6.27. The standard InChI is InChI=1S/C13H14BrNO2S/c1-16-9-3-4-10(11(6-9)17-2)13(15)12-5-8(14)7-18-12/h3-7,13H,15H2,1-2H3. The van der Waals surface area contributed by atoms with Crippen molar-refractivity contribution in [2.45, 2.75) is 6.04 Å². The molecule has 1 unspecified atom stereocenters. The van der Waals surface area contributed by atoms with Crippen molar-refractivity contribution in [3.63, 3.8) is 0 Å². The molecule has 5 heteroatoms. The smallest absolute Gasteiger partial charge is 0.127 e. The lowest BCUT2D eigenvalue weighted by molar-refractivity contribution is 0.390. The van der Waals surface area contributed by atoms with Gasteiger partial charge in [0, 0.05) is 26.4 Å². The Kier molecular flexibility index (Phi) is 4.27. The van der Waals surface area contributed by atoms with Crippen LogP contribution in [0.4, 0.5) is 0 Å². The van der Waals surface area contributed by atoms with Crippen LogP contribution in [0.1, 0.15) is 16.5 Å². The van der Waals surface area contributed by atoms with E-state index < -0.39 is 0 Å². The van der Waals surface area contributed by atoms with Crippen LogP contribution >= 0.6 is 27.3 Å². The molecule has 0 saturated heterocycles. The first-order valence-corrected chi connectivity index (χ1v) is 7.04. The van der Waals surface area contributed by atoms with E-state index in [1.54, 1.807) is 25.6 Å². The Morgan fingerprint density at radius 2 is 2.00 bits per heavy atom. The molecule has 96 valence electrons. The summed E-state index contributed by atoms with van der Waals surface area (Å²) in [5, 5.41) is 2.02. The molecule has 18 heavy (non-hydrogen) atoms. The summed E-state index contributed by atoms with van der Waals surface area (Å²) in [6.45, 7) is 0. The van der Waals surface area contributed by atoms with Crippen molar-refractivity contribution in [3.05, 3.63) is 44.6 Å². The van der Waals surface area contributed by atoms with Gasteiger partial charge in [0.15, 0.2) is 0 Å². The van der Waals surface area contributed by atoms with E-state index in [4.69, 9.17) is 15.2 Å². The van der Waals surface area contributed by atoms with Crippen LogP contribution < -0.4 is 15.2 Å². The van der Waals surface area contributed by atoms with Gasteiger partial charge in [-0.1, -0.05) is 0 Å². The first-order chi connectivity index (χ1) is 8.65. The number of methoxy groups -OCH3 is 2. The fraction of sp³-hybridized carbons (Fsp3) is 0.231. The van der Waals surface area contributed by atoms with Crippen LogP contribution in [0.15, 0.2) is 34.1 Å². The molecule has 0 bridgehead atoms. The van der Waals surface area contributed by atoms with Crippen molar-refractivity contribution in [1.29, 1.82) is 0 Å². The number of nitrogens with two attached hydrogens (primary N) is 1. The summed E-state index contributed by atoms with van der Waals surface area (Å²) in [4.78, 5) is 1.09. The molecule has 0 radical (unpaired) electrons. The first-order valence-electron chi connectivity index (χ1n) is 5.37. The second-order valence-electron chi connectivity index (χ2n) is 3.75. The van der Waals surface area contributed by atoms with Crippen LogP contribution in [0.25, 0.3) is 0 Å². The summed E-state index contributed by atoms with van der Waals surface area (Å²) < 4.78 is 11.6. The highest BCUT2D eigenvalue weighted by Crippen LogP contribution is 2.34. The number of hydrogen-bond donors (Lipinski definition) is 1. The van der Waals surface area contributed by atoms with Gasteiger partial charge < -0.3 is 15.2 Å². The summed E-state index contributed by atoms with van der Waals surface area (Å²) in [5.41, 5.74) is 7.22. The van der Waals surface area contributed by atoms with E-state index in [0.717, 1.165) is 26.4 Å². The molecule has 0 aliphatic heterocycles. The van der Waals surface area contributed by atoms with Crippen LogP contribution in [0, 0.1) is 0 Å². The largest absolute Gasteiger partial charge is 0.497 e. The van der Waals surface area contributed by atoms with E-state index in [-0.39, 0.29) is 6.04 Å². The number of rotatable bonds is 4. The van der Waals surface area contributed by atoms with E-state index >= 15 is 0 Å². The zero-order valence-electron chi connectivity index (χ0n) is 10.1. The predicted molar refractivity (Wildman–Crippen MR) is 77.6 cm³/mol. The molecule has 0 saturated carbocycles. The fourth-order valence-corrected chi connectivity index (χ4v) is 3.18. The van der Waals surface area contributed by atoms with Gasteiger partial charge in [-0.25, -0.2) is 0 Å². The molecule has 0 aliphatic carbocycles. The van der Waals surface area contributed by atoms with Crippen LogP contribution in [0.3, 0.4) is 0 Å².